The fourth-order valence-corrected chi connectivity index (χ4v) is 2.19. The number of nitrogens with one attached hydrogen (secondary N) is 2. The molecule has 0 aliphatic rings. The molecule has 7 heteroatoms. The Morgan fingerprint density at radius 2 is 1.71 bits per heavy atom. The van der Waals surface area contributed by atoms with Gasteiger partial charge in [-0.3, -0.25) is 5.41 Å². The Morgan fingerprint density at radius 3 is 2.29 bits per heavy atom. The molecule has 0 atom stereocenters. The van der Waals surface area contributed by atoms with Crippen molar-refractivity contribution >= 4 is 47.0 Å². The van der Waals surface area contributed by atoms with E-state index in [1.807, 2.05) is 0 Å². The van der Waals surface area contributed by atoms with E-state index in [-0.39, 0.29) is 35.2 Å². The average molecular weight is 431 g/mol. The molecular formula is C14H30IN3O2S. The van der Waals surface area contributed by atoms with Crippen LogP contribution in [0.25, 0.3) is 0 Å². The molecule has 0 aromatic heterocycles. The van der Waals surface area contributed by atoms with Crippen LogP contribution >= 0.6 is 35.7 Å². The van der Waals surface area contributed by atoms with E-state index in [0.29, 0.717) is 18.9 Å². The molecule has 0 unspecified atom stereocenters. The number of carbonyl (C=O) groups excluding carboxylic acids is 1. The summed E-state index contributed by atoms with van der Waals surface area (Å²) in [6.45, 7) is 3.18. The number of thioether (sulfide) groups is 1. The number of nitrogens with two attached hydrogens (primary N) is 1. The molecule has 0 aromatic rings. The van der Waals surface area contributed by atoms with Crippen LogP contribution in [0.3, 0.4) is 0 Å². The fraction of sp³-hybridized carbons (Fsp3) is 0.857. The number of amides is 1. The first-order valence-corrected chi connectivity index (χ1v) is 8.52. The van der Waals surface area contributed by atoms with Gasteiger partial charge in [-0.05, 0) is 6.42 Å². The summed E-state index contributed by atoms with van der Waals surface area (Å²) in [6, 6.07) is 0. The number of hydrogen-bond acceptors (Lipinski definition) is 4. The molecule has 0 rings (SSSR count). The lowest BCUT2D eigenvalue weighted by molar-refractivity contribution is 0.144. The lowest BCUT2D eigenvalue weighted by Gasteiger charge is -2.06. The molecule has 0 bridgehead atoms. The van der Waals surface area contributed by atoms with Crippen LogP contribution in [0.2, 0.25) is 0 Å². The Hall–Kier alpha value is -0.180. The molecule has 0 fully saturated rings. The molecule has 21 heavy (non-hydrogen) atoms. The number of carbonyl (C=O) groups is 1. The van der Waals surface area contributed by atoms with Crippen molar-refractivity contribution in [2.75, 3.05) is 18.9 Å². The SMILES string of the molecule is CCCCCCCCCCOC(=O)NCCSC(=N)N.I. The Balaban J connectivity index is 0. The van der Waals surface area contributed by atoms with E-state index in [1.54, 1.807) is 0 Å². The highest BCUT2D eigenvalue weighted by molar-refractivity contribution is 14.0. The Labute approximate surface area is 150 Å². The second-order valence-electron chi connectivity index (χ2n) is 4.75. The van der Waals surface area contributed by atoms with Crippen molar-refractivity contribution < 1.29 is 9.53 Å². The first-order valence-electron chi connectivity index (χ1n) is 7.54. The van der Waals surface area contributed by atoms with Gasteiger partial charge in [-0.2, -0.15) is 0 Å². The molecule has 0 aliphatic heterocycles. The summed E-state index contributed by atoms with van der Waals surface area (Å²) < 4.78 is 5.05. The summed E-state index contributed by atoms with van der Waals surface area (Å²) in [5, 5.41) is 9.70. The van der Waals surface area contributed by atoms with E-state index < -0.39 is 0 Å². The number of ether oxygens (including phenoxy) is 1. The molecule has 5 nitrogen and oxygen atoms in total. The Bertz CT molecular complexity index is 269. The number of hydrogen-bond donors (Lipinski definition) is 3. The molecule has 126 valence electrons. The van der Waals surface area contributed by atoms with Crippen molar-refractivity contribution in [3.05, 3.63) is 0 Å². The molecule has 0 aromatic carbocycles. The number of unbranched alkanes of at least 4 members (excludes halogenated alkanes) is 7. The van der Waals surface area contributed by atoms with Crippen LogP contribution in [0, 0.1) is 5.41 Å². The maximum atomic E-state index is 11.3. The number of alkyl carbamates (subject to hydrolysis) is 1. The third kappa shape index (κ3) is 19.8. The number of amidine groups is 1. The Kier molecular flexibility index (Phi) is 19.7. The normalized spacial score (nSPS) is 9.76. The minimum Gasteiger partial charge on any atom is -0.450 e. The molecule has 0 aliphatic carbocycles. The molecule has 0 radical (unpaired) electrons. The van der Waals surface area contributed by atoms with E-state index in [1.165, 1.54) is 50.3 Å². The summed E-state index contributed by atoms with van der Waals surface area (Å²) in [6.07, 6.45) is 9.48. The lowest BCUT2D eigenvalue weighted by atomic mass is 10.1. The van der Waals surface area contributed by atoms with Crippen LogP contribution in [0.4, 0.5) is 4.79 Å². The molecular weight excluding hydrogens is 401 g/mol. The van der Waals surface area contributed by atoms with Crippen LogP contribution < -0.4 is 11.1 Å². The van der Waals surface area contributed by atoms with Gasteiger partial charge in [0.05, 0.1) is 6.61 Å². The van der Waals surface area contributed by atoms with Gasteiger partial charge < -0.3 is 15.8 Å². The van der Waals surface area contributed by atoms with Gasteiger partial charge in [0.1, 0.15) is 0 Å². The van der Waals surface area contributed by atoms with Gasteiger partial charge in [0.15, 0.2) is 5.17 Å². The smallest absolute Gasteiger partial charge is 0.407 e. The molecule has 4 N–H and O–H groups in total. The zero-order valence-electron chi connectivity index (χ0n) is 13.0. The zero-order valence-corrected chi connectivity index (χ0v) is 16.1. The molecule has 1 amide bonds. The quantitative estimate of drug-likeness (QED) is 0.188. The summed E-state index contributed by atoms with van der Waals surface area (Å²) in [7, 11) is 0. The van der Waals surface area contributed by atoms with Crippen LogP contribution in [0.1, 0.15) is 58.3 Å². The average Bonchev–Trinajstić information content (AvgIpc) is 2.41. The van der Waals surface area contributed by atoms with Gasteiger partial charge in [-0.1, -0.05) is 63.6 Å². The standard InChI is InChI=1S/C14H29N3O2S.HI/c1-2-3-4-5-6-7-8-9-11-19-14(18)17-10-12-20-13(15)16;/h2-12H2,1H3,(H3,15,16)(H,17,18);1H. The van der Waals surface area contributed by atoms with Crippen LogP contribution in [-0.2, 0) is 4.74 Å². The van der Waals surface area contributed by atoms with Crippen LogP contribution in [0.15, 0.2) is 0 Å². The molecule has 0 heterocycles. The number of rotatable bonds is 12. The fourth-order valence-electron chi connectivity index (χ4n) is 1.77. The van der Waals surface area contributed by atoms with Gasteiger partial charge in [0, 0.05) is 12.3 Å². The minimum absolute atomic E-state index is 0. The summed E-state index contributed by atoms with van der Waals surface area (Å²) >= 11 is 1.21. The van der Waals surface area contributed by atoms with Crippen molar-refractivity contribution in [2.45, 2.75) is 58.3 Å². The summed E-state index contributed by atoms with van der Waals surface area (Å²) in [5.74, 6) is 0.599. The molecule has 0 saturated carbocycles. The highest BCUT2D eigenvalue weighted by atomic mass is 127. The third-order valence-corrected chi connectivity index (χ3v) is 3.58. The summed E-state index contributed by atoms with van der Waals surface area (Å²) in [4.78, 5) is 11.3. The second-order valence-corrected chi connectivity index (χ2v) is 5.89. The third-order valence-electron chi connectivity index (χ3n) is 2.86. The maximum Gasteiger partial charge on any atom is 0.407 e. The predicted molar refractivity (Wildman–Crippen MR) is 102 cm³/mol. The highest BCUT2D eigenvalue weighted by Gasteiger charge is 2.01. The minimum atomic E-state index is -0.378. The predicted octanol–water partition coefficient (Wildman–Crippen LogP) is 4.10. The first kappa shape index (κ1) is 23.1. The van der Waals surface area contributed by atoms with Gasteiger partial charge >= 0.3 is 6.09 Å². The van der Waals surface area contributed by atoms with Crippen molar-refractivity contribution in [3.63, 3.8) is 0 Å². The number of halogens is 1. The second kappa shape index (κ2) is 17.9. The van der Waals surface area contributed by atoms with E-state index in [0.717, 1.165) is 12.8 Å². The van der Waals surface area contributed by atoms with E-state index >= 15 is 0 Å². The van der Waals surface area contributed by atoms with Gasteiger partial charge in [0.25, 0.3) is 0 Å². The van der Waals surface area contributed by atoms with Gasteiger partial charge in [0.2, 0.25) is 0 Å². The van der Waals surface area contributed by atoms with E-state index in [9.17, 15) is 4.79 Å². The van der Waals surface area contributed by atoms with Crippen molar-refractivity contribution in [2.24, 2.45) is 5.73 Å². The zero-order chi connectivity index (χ0) is 15.1. The topological polar surface area (TPSA) is 88.2 Å². The largest absolute Gasteiger partial charge is 0.450 e. The lowest BCUT2D eigenvalue weighted by Crippen LogP contribution is -2.27. The van der Waals surface area contributed by atoms with Gasteiger partial charge in [-0.25, -0.2) is 4.79 Å². The Morgan fingerprint density at radius 1 is 1.14 bits per heavy atom. The first-order chi connectivity index (χ1) is 9.66. The monoisotopic (exact) mass is 431 g/mol. The van der Waals surface area contributed by atoms with Crippen molar-refractivity contribution in [3.8, 4) is 0 Å². The highest BCUT2D eigenvalue weighted by Crippen LogP contribution is 2.08. The summed E-state index contributed by atoms with van der Waals surface area (Å²) in [5.41, 5.74) is 5.18. The van der Waals surface area contributed by atoms with Crippen LogP contribution in [0.5, 0.6) is 0 Å². The van der Waals surface area contributed by atoms with E-state index in [2.05, 4.69) is 12.2 Å². The molecule has 0 saturated heterocycles. The van der Waals surface area contributed by atoms with E-state index in [4.69, 9.17) is 15.9 Å². The van der Waals surface area contributed by atoms with Crippen LogP contribution in [-0.4, -0.2) is 30.2 Å². The maximum absolute atomic E-state index is 11.3. The van der Waals surface area contributed by atoms with Crippen molar-refractivity contribution in [1.82, 2.24) is 5.32 Å². The van der Waals surface area contributed by atoms with Crippen molar-refractivity contribution in [1.29, 1.82) is 5.41 Å². The molecule has 0 spiro atoms. The van der Waals surface area contributed by atoms with Gasteiger partial charge in [-0.15, -0.1) is 24.0 Å².